The molecule has 1 aromatic rings. The first-order chi connectivity index (χ1) is 10.1. The molecule has 0 aliphatic rings. The van der Waals surface area contributed by atoms with Crippen LogP contribution in [0.1, 0.15) is 53.7 Å². The van der Waals surface area contributed by atoms with Gasteiger partial charge >= 0.3 is 0 Å². The maximum Gasteiger partial charge on any atom is 0.245 e. The van der Waals surface area contributed by atoms with Gasteiger partial charge in [-0.05, 0) is 13.8 Å². The van der Waals surface area contributed by atoms with Gasteiger partial charge in [0.25, 0.3) is 0 Å². The molecule has 2 amide bonds. The van der Waals surface area contributed by atoms with E-state index in [1.165, 1.54) is 0 Å². The average Bonchev–Trinajstić information content (AvgIpc) is 2.76. The SMILES string of the molecule is CCC(=O)N(CC(=O)Nc1cc(C(C)(C)C)nn1C)C(C)C. The zero-order chi connectivity index (χ0) is 17.1. The van der Waals surface area contributed by atoms with Gasteiger partial charge in [-0.2, -0.15) is 5.10 Å². The van der Waals surface area contributed by atoms with Gasteiger partial charge in [0.05, 0.1) is 5.69 Å². The minimum Gasteiger partial charge on any atom is -0.331 e. The first-order valence-electron chi connectivity index (χ1n) is 7.70. The number of carbonyl (C=O) groups excluding carboxylic acids is 2. The molecule has 0 saturated carbocycles. The van der Waals surface area contributed by atoms with Crippen LogP contribution >= 0.6 is 0 Å². The highest BCUT2D eigenvalue weighted by atomic mass is 16.2. The van der Waals surface area contributed by atoms with Crippen molar-refractivity contribution in [3.05, 3.63) is 11.8 Å². The van der Waals surface area contributed by atoms with E-state index in [9.17, 15) is 9.59 Å². The lowest BCUT2D eigenvalue weighted by molar-refractivity contribution is -0.136. The maximum absolute atomic E-state index is 12.2. The molecule has 0 aromatic carbocycles. The number of aromatic nitrogens is 2. The van der Waals surface area contributed by atoms with Crippen LogP contribution < -0.4 is 5.32 Å². The van der Waals surface area contributed by atoms with Gasteiger partial charge in [0, 0.05) is 31.0 Å². The third kappa shape index (κ3) is 4.58. The van der Waals surface area contributed by atoms with Crippen LogP contribution in [0.5, 0.6) is 0 Å². The molecule has 0 saturated heterocycles. The summed E-state index contributed by atoms with van der Waals surface area (Å²) in [4.78, 5) is 25.7. The van der Waals surface area contributed by atoms with E-state index in [4.69, 9.17) is 0 Å². The van der Waals surface area contributed by atoms with Crippen molar-refractivity contribution in [3.63, 3.8) is 0 Å². The largest absolute Gasteiger partial charge is 0.331 e. The van der Waals surface area contributed by atoms with Crippen LogP contribution in [0.15, 0.2) is 6.07 Å². The van der Waals surface area contributed by atoms with Crippen molar-refractivity contribution in [2.24, 2.45) is 7.05 Å². The number of aryl methyl sites for hydroxylation is 1. The number of hydrogen-bond donors (Lipinski definition) is 1. The monoisotopic (exact) mass is 308 g/mol. The summed E-state index contributed by atoms with van der Waals surface area (Å²) in [5.41, 5.74) is 0.832. The molecular weight excluding hydrogens is 280 g/mol. The Morgan fingerprint density at radius 1 is 1.36 bits per heavy atom. The first kappa shape index (κ1) is 18.2. The summed E-state index contributed by atoms with van der Waals surface area (Å²) >= 11 is 0. The minimum atomic E-state index is -0.209. The van der Waals surface area contributed by atoms with E-state index < -0.39 is 0 Å². The quantitative estimate of drug-likeness (QED) is 0.907. The molecule has 0 radical (unpaired) electrons. The van der Waals surface area contributed by atoms with Crippen molar-refractivity contribution in [1.82, 2.24) is 14.7 Å². The van der Waals surface area contributed by atoms with Crippen LogP contribution in [-0.4, -0.2) is 39.1 Å². The third-order valence-corrected chi connectivity index (χ3v) is 3.48. The fourth-order valence-electron chi connectivity index (χ4n) is 2.05. The summed E-state index contributed by atoms with van der Waals surface area (Å²) in [5, 5.41) is 7.26. The van der Waals surface area contributed by atoms with Gasteiger partial charge in [-0.3, -0.25) is 14.3 Å². The summed E-state index contributed by atoms with van der Waals surface area (Å²) in [7, 11) is 1.79. The Kier molecular flexibility index (Phi) is 5.74. The molecule has 6 nitrogen and oxygen atoms in total. The number of rotatable bonds is 5. The van der Waals surface area contributed by atoms with Crippen LogP contribution in [-0.2, 0) is 22.1 Å². The van der Waals surface area contributed by atoms with E-state index in [1.54, 1.807) is 23.6 Å². The zero-order valence-corrected chi connectivity index (χ0v) is 14.7. The molecule has 124 valence electrons. The lowest BCUT2D eigenvalue weighted by atomic mass is 9.92. The van der Waals surface area contributed by atoms with E-state index >= 15 is 0 Å². The molecule has 22 heavy (non-hydrogen) atoms. The lowest BCUT2D eigenvalue weighted by Crippen LogP contribution is -2.42. The smallest absolute Gasteiger partial charge is 0.245 e. The highest BCUT2D eigenvalue weighted by Crippen LogP contribution is 2.23. The standard InChI is InChI=1S/C16H28N4O2/c1-8-15(22)20(11(2)3)10-14(21)17-13-9-12(16(4,5)6)18-19(13)7/h9,11H,8,10H2,1-7H3,(H,17,21). The summed E-state index contributed by atoms with van der Waals surface area (Å²) in [6, 6.07) is 1.87. The van der Waals surface area contributed by atoms with Gasteiger partial charge in [0.1, 0.15) is 12.4 Å². The fourth-order valence-corrected chi connectivity index (χ4v) is 2.05. The highest BCUT2D eigenvalue weighted by molar-refractivity contribution is 5.94. The fraction of sp³-hybridized carbons (Fsp3) is 0.688. The summed E-state index contributed by atoms with van der Waals surface area (Å²) in [6.45, 7) is 11.9. The Bertz CT molecular complexity index is 541. The molecule has 1 aromatic heterocycles. The second-order valence-corrected chi connectivity index (χ2v) is 6.81. The number of nitrogens with one attached hydrogen (secondary N) is 1. The number of amides is 2. The molecule has 6 heteroatoms. The Hall–Kier alpha value is -1.85. The summed E-state index contributed by atoms with van der Waals surface area (Å²) < 4.78 is 1.65. The van der Waals surface area contributed by atoms with E-state index in [-0.39, 0.29) is 29.8 Å². The molecule has 0 bridgehead atoms. The van der Waals surface area contributed by atoms with Crippen LogP contribution in [0.25, 0.3) is 0 Å². The number of anilines is 1. The number of hydrogen-bond acceptors (Lipinski definition) is 3. The number of carbonyl (C=O) groups is 2. The van der Waals surface area contributed by atoms with Crippen molar-refractivity contribution in [2.75, 3.05) is 11.9 Å². The molecule has 0 aliphatic carbocycles. The Morgan fingerprint density at radius 3 is 2.36 bits per heavy atom. The van der Waals surface area contributed by atoms with E-state index in [1.807, 2.05) is 19.9 Å². The van der Waals surface area contributed by atoms with Gasteiger partial charge in [-0.1, -0.05) is 27.7 Å². The molecule has 1 N–H and O–H groups in total. The van der Waals surface area contributed by atoms with Gasteiger partial charge in [0.15, 0.2) is 0 Å². The molecule has 0 atom stereocenters. The van der Waals surface area contributed by atoms with Crippen LogP contribution in [0, 0.1) is 0 Å². The predicted octanol–water partition coefficient (Wildman–Crippen LogP) is 2.30. The van der Waals surface area contributed by atoms with Gasteiger partial charge in [-0.15, -0.1) is 0 Å². The normalized spacial score (nSPS) is 11.6. The van der Waals surface area contributed by atoms with Crippen molar-refractivity contribution in [2.45, 2.75) is 59.4 Å². The average molecular weight is 308 g/mol. The third-order valence-electron chi connectivity index (χ3n) is 3.48. The topological polar surface area (TPSA) is 67.2 Å². The minimum absolute atomic E-state index is 0.00475. The Balaban J connectivity index is 2.81. The van der Waals surface area contributed by atoms with Crippen LogP contribution in [0.2, 0.25) is 0 Å². The molecule has 1 rings (SSSR count). The molecule has 0 aliphatic heterocycles. The Morgan fingerprint density at radius 2 is 1.95 bits per heavy atom. The molecule has 0 fully saturated rings. The first-order valence-corrected chi connectivity index (χ1v) is 7.70. The molecule has 1 heterocycles. The van der Waals surface area contributed by atoms with Gasteiger partial charge < -0.3 is 10.2 Å². The second kappa shape index (κ2) is 6.94. The number of nitrogens with zero attached hydrogens (tertiary/aromatic N) is 3. The molecule has 0 spiro atoms. The van der Waals surface area contributed by atoms with Crippen LogP contribution in [0.4, 0.5) is 5.82 Å². The second-order valence-electron chi connectivity index (χ2n) is 6.81. The summed E-state index contributed by atoms with van der Waals surface area (Å²) in [6.07, 6.45) is 0.394. The van der Waals surface area contributed by atoms with Gasteiger partial charge in [0.2, 0.25) is 11.8 Å². The van der Waals surface area contributed by atoms with Crippen molar-refractivity contribution in [3.8, 4) is 0 Å². The molecule has 0 unspecified atom stereocenters. The van der Waals surface area contributed by atoms with E-state index in [0.717, 1.165) is 5.69 Å². The van der Waals surface area contributed by atoms with Crippen molar-refractivity contribution in [1.29, 1.82) is 0 Å². The summed E-state index contributed by atoms with van der Waals surface area (Å²) in [5.74, 6) is 0.409. The van der Waals surface area contributed by atoms with Crippen molar-refractivity contribution >= 4 is 17.6 Å². The van der Waals surface area contributed by atoms with Crippen molar-refractivity contribution < 1.29 is 9.59 Å². The predicted molar refractivity (Wildman–Crippen MR) is 87.7 cm³/mol. The zero-order valence-electron chi connectivity index (χ0n) is 14.7. The maximum atomic E-state index is 12.2. The molecular formula is C16H28N4O2. The van der Waals surface area contributed by atoms with E-state index in [2.05, 4.69) is 31.2 Å². The van der Waals surface area contributed by atoms with Crippen LogP contribution in [0.3, 0.4) is 0 Å². The highest BCUT2D eigenvalue weighted by Gasteiger charge is 2.22. The van der Waals surface area contributed by atoms with E-state index in [0.29, 0.717) is 12.2 Å². The Labute approximate surface area is 132 Å². The van der Waals surface area contributed by atoms with Gasteiger partial charge in [-0.25, -0.2) is 0 Å². The lowest BCUT2D eigenvalue weighted by Gasteiger charge is -2.25.